The second kappa shape index (κ2) is 6.41. The number of likely N-dealkylation sites (tertiary alicyclic amines) is 1. The molecule has 0 spiro atoms. The van der Waals surface area contributed by atoms with Crippen molar-refractivity contribution in [3.05, 3.63) is 35.9 Å². The number of carbonyl (C=O) groups is 1. The van der Waals surface area contributed by atoms with Crippen molar-refractivity contribution in [2.75, 3.05) is 20.1 Å². The van der Waals surface area contributed by atoms with Gasteiger partial charge in [0, 0.05) is 13.1 Å². The van der Waals surface area contributed by atoms with Crippen LogP contribution < -0.4 is 0 Å². The van der Waals surface area contributed by atoms with E-state index in [-0.39, 0.29) is 12.1 Å². The minimum absolute atomic E-state index is 0.0223. The van der Waals surface area contributed by atoms with E-state index in [1.165, 1.54) is 12.8 Å². The zero-order valence-corrected chi connectivity index (χ0v) is 13.8. The van der Waals surface area contributed by atoms with Crippen LogP contribution in [0.5, 0.6) is 0 Å². The molecule has 3 rings (SSSR count). The first kappa shape index (κ1) is 15.5. The zero-order valence-electron chi connectivity index (χ0n) is 13.8. The summed E-state index contributed by atoms with van der Waals surface area (Å²) in [5.74, 6) is 0.382. The zero-order chi connectivity index (χ0) is 15.6. The van der Waals surface area contributed by atoms with Gasteiger partial charge < -0.3 is 9.64 Å². The van der Waals surface area contributed by atoms with Crippen molar-refractivity contribution in [1.82, 2.24) is 4.90 Å². The Hall–Kier alpha value is -1.35. The maximum atomic E-state index is 13.1. The summed E-state index contributed by atoms with van der Waals surface area (Å²) in [5, 5.41) is 0. The Bertz CT molecular complexity index is 509. The molecule has 2 atom stereocenters. The molecule has 1 aliphatic heterocycles. The molecule has 0 amide bonds. The highest BCUT2D eigenvalue weighted by Gasteiger charge is 2.46. The van der Waals surface area contributed by atoms with Crippen molar-refractivity contribution in [3.63, 3.8) is 0 Å². The van der Waals surface area contributed by atoms with E-state index in [1.54, 1.807) is 0 Å². The highest BCUT2D eigenvalue weighted by atomic mass is 16.5. The molecule has 1 aromatic rings. The minimum Gasteiger partial charge on any atom is -0.460 e. The third kappa shape index (κ3) is 2.91. The minimum atomic E-state index is -0.501. The van der Waals surface area contributed by atoms with E-state index in [2.05, 4.69) is 31.0 Å². The Labute approximate surface area is 133 Å². The van der Waals surface area contributed by atoms with Crippen LogP contribution in [0.3, 0.4) is 0 Å². The highest BCUT2D eigenvalue weighted by Crippen LogP contribution is 2.43. The van der Waals surface area contributed by atoms with Crippen molar-refractivity contribution in [1.29, 1.82) is 0 Å². The molecule has 0 unspecified atom stereocenters. The molecule has 3 nitrogen and oxygen atoms in total. The molecule has 120 valence electrons. The smallest absolute Gasteiger partial charge is 0.316 e. The maximum Gasteiger partial charge on any atom is 0.316 e. The lowest BCUT2D eigenvalue weighted by molar-refractivity contribution is -0.157. The third-order valence-electron chi connectivity index (χ3n) is 5.59. The molecule has 0 N–H and O–H groups in total. The van der Waals surface area contributed by atoms with Gasteiger partial charge in [-0.25, -0.2) is 0 Å². The van der Waals surface area contributed by atoms with Gasteiger partial charge in [0.1, 0.15) is 6.10 Å². The average Bonchev–Trinajstić information content (AvgIpc) is 3.19. The van der Waals surface area contributed by atoms with E-state index < -0.39 is 5.41 Å². The molecule has 2 fully saturated rings. The predicted octanol–water partition coefficient (Wildman–Crippen LogP) is 3.38. The van der Waals surface area contributed by atoms with Crippen molar-refractivity contribution in [2.45, 2.75) is 50.5 Å². The quantitative estimate of drug-likeness (QED) is 0.799. The van der Waals surface area contributed by atoms with E-state index in [0.29, 0.717) is 5.92 Å². The standard InChI is InChI=1S/C19H27NO2/c1-19(16-10-6-7-11-16,15-8-4-3-5-9-15)18(21)22-17-12-13-20(2)14-17/h3-5,8-9,16-17H,6-7,10-14H2,1-2H3/t17-,19+/m1/s1. The summed E-state index contributed by atoms with van der Waals surface area (Å²) in [5.41, 5.74) is 0.608. The molecule has 3 heteroatoms. The third-order valence-corrected chi connectivity index (χ3v) is 5.59. The van der Waals surface area contributed by atoms with Crippen LogP contribution in [0.25, 0.3) is 0 Å². The number of benzene rings is 1. The van der Waals surface area contributed by atoms with Gasteiger partial charge in [0.25, 0.3) is 0 Å². The summed E-state index contributed by atoms with van der Waals surface area (Å²) in [7, 11) is 2.08. The van der Waals surface area contributed by atoms with E-state index >= 15 is 0 Å². The number of esters is 1. The molecule has 0 aromatic heterocycles. The lowest BCUT2D eigenvalue weighted by atomic mass is 9.71. The molecule has 22 heavy (non-hydrogen) atoms. The summed E-state index contributed by atoms with van der Waals surface area (Å²) in [4.78, 5) is 15.3. The van der Waals surface area contributed by atoms with Crippen LogP contribution in [0.4, 0.5) is 0 Å². The molecule has 0 radical (unpaired) electrons. The first-order valence-electron chi connectivity index (χ1n) is 8.56. The number of rotatable bonds is 4. The van der Waals surface area contributed by atoms with Gasteiger partial charge in [-0.1, -0.05) is 43.2 Å². The molecule has 1 saturated heterocycles. The SMILES string of the molecule is CN1CC[C@@H](OC(=O)[C@@](C)(c2ccccc2)C2CCCC2)C1. The van der Waals surface area contributed by atoms with E-state index in [4.69, 9.17) is 4.74 Å². The molecule has 1 aliphatic carbocycles. The van der Waals surface area contributed by atoms with Crippen molar-refractivity contribution >= 4 is 5.97 Å². The normalized spacial score (nSPS) is 26.0. The lowest BCUT2D eigenvalue weighted by Crippen LogP contribution is -2.42. The van der Waals surface area contributed by atoms with E-state index in [1.807, 2.05) is 18.2 Å². The number of nitrogens with zero attached hydrogens (tertiary/aromatic N) is 1. The van der Waals surface area contributed by atoms with Gasteiger partial charge in [-0.3, -0.25) is 4.79 Å². The summed E-state index contributed by atoms with van der Waals surface area (Å²) in [6.07, 6.45) is 5.73. The van der Waals surface area contributed by atoms with Crippen LogP contribution >= 0.6 is 0 Å². The van der Waals surface area contributed by atoms with Gasteiger partial charge in [0.05, 0.1) is 5.41 Å². The first-order valence-corrected chi connectivity index (χ1v) is 8.56. The van der Waals surface area contributed by atoms with Crippen molar-refractivity contribution in [3.8, 4) is 0 Å². The molecular weight excluding hydrogens is 274 g/mol. The van der Waals surface area contributed by atoms with E-state index in [0.717, 1.165) is 37.9 Å². The topological polar surface area (TPSA) is 29.5 Å². The van der Waals surface area contributed by atoms with Gasteiger partial charge in [-0.2, -0.15) is 0 Å². The van der Waals surface area contributed by atoms with Crippen LogP contribution in [0.2, 0.25) is 0 Å². The predicted molar refractivity (Wildman–Crippen MR) is 87.7 cm³/mol. The van der Waals surface area contributed by atoms with Crippen molar-refractivity contribution < 1.29 is 9.53 Å². The van der Waals surface area contributed by atoms with E-state index in [9.17, 15) is 4.79 Å². The van der Waals surface area contributed by atoms with Gasteiger partial charge in [0.15, 0.2) is 0 Å². The van der Waals surface area contributed by atoms with Gasteiger partial charge in [0.2, 0.25) is 0 Å². The molecule has 1 aromatic carbocycles. The van der Waals surface area contributed by atoms with Gasteiger partial charge in [-0.15, -0.1) is 0 Å². The fourth-order valence-corrected chi connectivity index (χ4v) is 4.07. The van der Waals surface area contributed by atoms with Gasteiger partial charge in [-0.05, 0) is 44.7 Å². The van der Waals surface area contributed by atoms with Crippen LogP contribution in [0.1, 0.15) is 44.6 Å². The Morgan fingerprint density at radius 3 is 2.45 bits per heavy atom. The fourth-order valence-electron chi connectivity index (χ4n) is 4.07. The molecule has 0 bridgehead atoms. The first-order chi connectivity index (χ1) is 10.6. The number of ether oxygens (including phenoxy) is 1. The van der Waals surface area contributed by atoms with Gasteiger partial charge >= 0.3 is 5.97 Å². The summed E-state index contributed by atoms with van der Waals surface area (Å²) in [6, 6.07) is 10.2. The molecular formula is C19H27NO2. The summed E-state index contributed by atoms with van der Waals surface area (Å²) < 4.78 is 5.93. The van der Waals surface area contributed by atoms with Crippen LogP contribution in [0, 0.1) is 5.92 Å². The maximum absolute atomic E-state index is 13.1. The number of hydrogen-bond acceptors (Lipinski definition) is 3. The second-order valence-corrected chi connectivity index (χ2v) is 7.13. The Morgan fingerprint density at radius 1 is 1.18 bits per heavy atom. The monoisotopic (exact) mass is 301 g/mol. The summed E-state index contributed by atoms with van der Waals surface area (Å²) >= 11 is 0. The van der Waals surface area contributed by atoms with Crippen LogP contribution in [-0.4, -0.2) is 37.1 Å². The molecule has 2 aliphatic rings. The Morgan fingerprint density at radius 2 is 1.86 bits per heavy atom. The van der Waals surface area contributed by atoms with Crippen LogP contribution in [0.15, 0.2) is 30.3 Å². The molecule has 1 saturated carbocycles. The average molecular weight is 301 g/mol. The Kier molecular flexibility index (Phi) is 4.53. The highest BCUT2D eigenvalue weighted by molar-refractivity contribution is 5.83. The number of carbonyl (C=O) groups excluding carboxylic acids is 1. The molecule has 1 heterocycles. The Balaban J connectivity index is 1.83. The number of hydrogen-bond donors (Lipinski definition) is 0. The van der Waals surface area contributed by atoms with Crippen LogP contribution in [-0.2, 0) is 14.9 Å². The van der Waals surface area contributed by atoms with Crippen molar-refractivity contribution in [2.24, 2.45) is 5.92 Å². The fraction of sp³-hybridized carbons (Fsp3) is 0.632. The lowest BCUT2D eigenvalue weighted by Gasteiger charge is -2.34. The number of likely N-dealkylation sites (N-methyl/N-ethyl adjacent to an activating group) is 1. The summed E-state index contributed by atoms with van der Waals surface area (Å²) in [6.45, 7) is 3.98. The largest absolute Gasteiger partial charge is 0.460 e. The second-order valence-electron chi connectivity index (χ2n) is 7.13.